The van der Waals surface area contributed by atoms with Crippen LogP contribution in [0.25, 0.3) is 10.5 Å². The van der Waals surface area contributed by atoms with E-state index >= 15 is 0 Å². The number of hydrogen-bond donors (Lipinski definition) is 9. The Kier molecular flexibility index (Phi) is 59.3. The van der Waals surface area contributed by atoms with Crippen LogP contribution in [0.5, 0.6) is 0 Å². The van der Waals surface area contributed by atoms with Crippen LogP contribution >= 0.6 is 0 Å². The number of carboxylic acids is 1. The molecule has 700 valence electrons. The third-order valence-corrected chi connectivity index (χ3v) is 24.6. The number of carbonyl (C=O) groups is 3. The number of ketones is 1. The van der Waals surface area contributed by atoms with Gasteiger partial charge in [0.05, 0.1) is 83.9 Å². The standard InChI is InChI=1S/C23H28FN3OS.C17H21N3O4.C17H22N2OSi.C13H13NO.C10H15FNSi.C4H11NOS.4C3H8O.BrH.Mg.Ti/c1-22(2,3)29(28)27-23(13-12-16-4-5-16,18-8-6-17(15-25)7-9-18)19-10-11-20(24)21(26)14-19;1-11-8-14(15(21)22)20(19-11)13-7-5-6-12(9-13)10-18-16(23)24-17(2,3)4;1-17(2,3)21(20)19-16(11-8-13-4-5-13)15-9-6-14(12-18)7-10-15;1-14-12-7-5-11(6-8-12)13(15)9-4-10-2-3-10;1-12(13(2,3)4)10-8-6-5-7-9(10)11;1-4(2,3)7(5)6;4*1-3(2)4;;;/h6-11,14,16,27H,4-5,12-13,26H2,1-3H3;5-9H,10H2,1-4H3,(H,18,23)(H,21,22);6-7,9-10,13H,4-5,8,11H2,1-3H3;5-8,10H,2-4,9H2;5,7-8H,1-4H3;5H2,1-3H3;4*3-4H,1-2H3;1H;;/q;;;;-1;;;;;;;+2;/p-1/t23?,29-;;;;;7-;;;;;;;/m0....0......./s1. The number of amides is 1. The largest absolute Gasteiger partial charge is 2.00 e. The van der Waals surface area contributed by atoms with Gasteiger partial charge in [0, 0.05) is 81.2 Å². The molecule has 7 aromatic rings. The van der Waals surface area contributed by atoms with Crippen molar-refractivity contribution in [1.29, 1.82) is 10.5 Å². The molecule has 0 saturated heterocycles. The number of aromatic nitrogens is 2. The van der Waals surface area contributed by atoms with Crippen LogP contribution in [0.2, 0.25) is 24.7 Å². The summed E-state index contributed by atoms with van der Waals surface area (Å²) < 4.78 is 79.0. The van der Waals surface area contributed by atoms with Crippen LogP contribution in [0.1, 0.15) is 275 Å². The second kappa shape index (κ2) is 60.8. The van der Waals surface area contributed by atoms with E-state index in [1.54, 1.807) is 174 Å². The minimum atomic E-state index is -2.02. The van der Waals surface area contributed by atoms with Gasteiger partial charge in [0.15, 0.2) is 17.2 Å². The summed E-state index contributed by atoms with van der Waals surface area (Å²) in [5.41, 5.74) is 13.5. The Labute approximate surface area is 811 Å². The summed E-state index contributed by atoms with van der Waals surface area (Å²) in [5.74, 6) is 0.814. The maximum Gasteiger partial charge on any atom is 2.00 e. The number of nitrogens with zero attached hydrogens (tertiary/aromatic N) is 7. The molecular formula is C96H142BrF2MgN11O12S2Si2Ti. The monoisotopic (exact) mass is 1950 g/mol. The number of nitrogens with one attached hydrogen (secondary N) is 2. The summed E-state index contributed by atoms with van der Waals surface area (Å²) in [7, 11) is -4.09. The number of carbonyl (C=O) groups excluding carboxylic acids is 2. The van der Waals surface area contributed by atoms with Crippen molar-refractivity contribution in [3.8, 4) is 17.8 Å². The van der Waals surface area contributed by atoms with Crippen molar-refractivity contribution >= 4 is 103 Å². The van der Waals surface area contributed by atoms with Crippen LogP contribution in [0.15, 0.2) is 144 Å². The van der Waals surface area contributed by atoms with Crippen molar-refractivity contribution < 1.29 is 105 Å². The number of nitrogen functional groups attached to an aromatic ring is 1. The molecule has 3 aliphatic rings. The number of aliphatic hydroxyl groups excluding tert-OH is 4. The molecule has 1 amide bonds. The summed E-state index contributed by atoms with van der Waals surface area (Å²) in [6.07, 6.45) is 11.8. The number of aliphatic hydroxyl groups is 4. The van der Waals surface area contributed by atoms with Gasteiger partial charge in [-0.25, -0.2) is 41.0 Å². The number of nitrogens with two attached hydrogens (primary N) is 2. The predicted octanol–water partition coefficient (Wildman–Crippen LogP) is 17.0. The summed E-state index contributed by atoms with van der Waals surface area (Å²) >= 11 is 0. The Morgan fingerprint density at radius 1 is 0.703 bits per heavy atom. The SMILES string of the molecule is CC(C)(C)[S@@](N)=O.CC(C)(C)[S@](=O)NC(CCC1CC1)(c1ccc(C#N)cc1)c1ccc(F)c(N)c1.CC(C)(C)[Si](=O)N=C(CCC1CC1)c1ccc(C#N)cc1.CC(C)O.CC(C)O.CC(C)O.CC(C)O.CN(c1c[c-]ccc1F)[Si](C)(C)C.Cc1cc(C(=O)O)n(-c2cccc(CNC(=O)OC(C)(C)C)c2)n1.[Br-].[C-]#[N+]c1ccc(C(=O)CCC2CC2)cc1.[Mg+2].[Ti]. The number of alkyl carbamates (subject to hydrolysis) is 1. The number of rotatable bonds is 22. The zero-order chi connectivity index (χ0) is 95.7. The molecule has 0 radical (unpaired) electrons. The number of carboxylic acid groups (broad SMARTS) is 1. The molecule has 6 aromatic carbocycles. The zero-order valence-electron chi connectivity index (χ0n) is 80.0. The third kappa shape index (κ3) is 53.9. The summed E-state index contributed by atoms with van der Waals surface area (Å²) in [4.78, 5) is 38.0. The fourth-order valence-corrected chi connectivity index (χ4v) is 12.9. The molecule has 11 N–H and O–H groups in total. The first-order valence-corrected chi connectivity index (χ1v) is 49.5. The van der Waals surface area contributed by atoms with Crippen LogP contribution in [0, 0.1) is 71.6 Å². The van der Waals surface area contributed by atoms with Crippen molar-refractivity contribution in [2.75, 3.05) is 17.3 Å². The Hall–Kier alpha value is -7.21. The van der Waals surface area contributed by atoms with E-state index in [0.29, 0.717) is 52.6 Å². The van der Waals surface area contributed by atoms with E-state index in [4.69, 9.17) is 47.9 Å². The maximum absolute atomic E-state index is 13.9. The number of Topliss-reactive ketones (excluding diaryl/α,β-unsaturated/α-hetero) is 1. The quantitative estimate of drug-likeness (QED) is 0.0100. The molecule has 3 fully saturated rings. The molecule has 128 heavy (non-hydrogen) atoms. The van der Waals surface area contributed by atoms with Crippen LogP contribution in [-0.4, -0.2) is 154 Å². The molecule has 0 aliphatic heterocycles. The van der Waals surface area contributed by atoms with Gasteiger partial charge in [0.25, 0.3) is 0 Å². The summed E-state index contributed by atoms with van der Waals surface area (Å²) in [6.45, 7) is 51.7. The van der Waals surface area contributed by atoms with E-state index in [2.05, 4.69) is 62.5 Å². The van der Waals surface area contributed by atoms with Crippen molar-refractivity contribution in [2.24, 2.45) is 27.6 Å². The second-order valence-electron chi connectivity index (χ2n) is 37.0. The molecule has 23 nitrogen and oxygen atoms in total. The number of benzene rings is 6. The molecule has 1 unspecified atom stereocenters. The van der Waals surface area contributed by atoms with Crippen molar-refractivity contribution in [3.05, 3.63) is 219 Å². The Balaban J connectivity index is -0.00000145. The number of halogens is 3. The van der Waals surface area contributed by atoms with E-state index in [1.165, 1.54) is 61.4 Å². The average Bonchev–Trinajstić information content (AvgIpc) is 1.12. The normalized spacial score (nSPS) is 13.5. The summed E-state index contributed by atoms with van der Waals surface area (Å²) in [6, 6.07) is 46.9. The number of ether oxygens (including phenoxy) is 1. The summed E-state index contributed by atoms with van der Waals surface area (Å²) in [5, 5.41) is 71.2. The zero-order valence-corrected chi connectivity index (χ0v) is 88.2. The second-order valence-corrected chi connectivity index (χ2v) is 48.1. The van der Waals surface area contributed by atoms with E-state index in [0.717, 1.165) is 71.0 Å². The molecular weight excluding hydrogens is 1810 g/mol. The van der Waals surface area contributed by atoms with Gasteiger partial charge in [0.2, 0.25) is 0 Å². The molecule has 10 rings (SSSR count). The first kappa shape index (κ1) is 125. The van der Waals surface area contributed by atoms with Crippen molar-refractivity contribution in [1.82, 2.24) is 19.8 Å². The topological polar surface area (TPSA) is 374 Å². The Bertz CT molecular complexity index is 4660. The van der Waals surface area contributed by atoms with Crippen molar-refractivity contribution in [3.63, 3.8) is 0 Å². The fourth-order valence-electron chi connectivity index (χ4n) is 10.2. The van der Waals surface area contributed by atoms with Gasteiger partial charge >= 0.3 is 44.0 Å². The van der Waals surface area contributed by atoms with Gasteiger partial charge in [-0.15, -0.1) is 6.07 Å². The van der Waals surface area contributed by atoms with E-state index in [-0.39, 0.29) is 125 Å². The Morgan fingerprint density at radius 3 is 1.56 bits per heavy atom. The minimum Gasteiger partial charge on any atom is -1.00 e. The molecule has 3 saturated carbocycles. The fraction of sp³-hybridized carbons (Fsp3) is 0.521. The molecule has 0 spiro atoms. The number of hydrogen-bond acceptors (Lipinski definition) is 16. The van der Waals surface area contributed by atoms with Gasteiger partial charge < -0.3 is 67.3 Å². The van der Waals surface area contributed by atoms with Crippen LogP contribution < -0.4 is 42.5 Å². The van der Waals surface area contributed by atoms with E-state index in [9.17, 15) is 46.4 Å². The first-order valence-electron chi connectivity index (χ1n) is 42.3. The maximum atomic E-state index is 13.9. The number of nitriles is 2. The van der Waals surface area contributed by atoms with Gasteiger partial charge in [-0.05, 0) is 264 Å². The molecule has 0 bridgehead atoms. The molecule has 32 heteroatoms. The smallest absolute Gasteiger partial charge is 1.00 e. The van der Waals surface area contributed by atoms with Crippen LogP contribution in [-0.2, 0) is 65.0 Å². The average molecular weight is 1950 g/mol. The molecule has 1 heterocycles. The number of aromatic carboxylic acids is 1. The number of aryl methyl sites for hydroxylation is 1. The Morgan fingerprint density at radius 2 is 1.16 bits per heavy atom. The predicted molar refractivity (Wildman–Crippen MR) is 513 cm³/mol. The van der Waals surface area contributed by atoms with E-state index < -0.39 is 72.8 Å². The molecule has 3 aliphatic carbocycles. The van der Waals surface area contributed by atoms with Crippen LogP contribution in [0.4, 0.5) is 30.6 Å². The van der Waals surface area contributed by atoms with E-state index in [1.807, 2.05) is 104 Å². The van der Waals surface area contributed by atoms with Gasteiger partial charge in [-0.3, -0.25) is 14.6 Å². The number of anilines is 2. The first-order chi connectivity index (χ1) is 57.8. The van der Waals surface area contributed by atoms with Gasteiger partial charge in [0.1, 0.15) is 19.7 Å². The van der Waals surface area contributed by atoms with Crippen molar-refractivity contribution in [2.45, 2.75) is 299 Å². The third-order valence-electron chi connectivity index (χ3n) is 17.8. The minimum absolute atomic E-state index is 0. The van der Waals surface area contributed by atoms with Gasteiger partial charge in [-0.1, -0.05) is 146 Å². The molecule has 3 atom stereocenters. The molecule has 1 aromatic heterocycles. The van der Waals surface area contributed by atoms with Crippen LogP contribution in [0.3, 0.4) is 0 Å². The van der Waals surface area contributed by atoms with Gasteiger partial charge in [-0.2, -0.15) is 33.8 Å².